The van der Waals surface area contributed by atoms with Crippen LogP contribution in [-0.4, -0.2) is 34.6 Å². The van der Waals surface area contributed by atoms with Gasteiger partial charge in [-0.1, -0.05) is 13.0 Å². The minimum Gasteiger partial charge on any atom is -0.497 e. The number of aromatic nitrogens is 1. The van der Waals surface area contributed by atoms with Gasteiger partial charge in [0.15, 0.2) is 0 Å². The molecule has 0 saturated carbocycles. The quantitative estimate of drug-likeness (QED) is 0.474. The highest BCUT2D eigenvalue weighted by Gasteiger charge is 2.22. The minimum absolute atomic E-state index is 0.0948. The van der Waals surface area contributed by atoms with Crippen LogP contribution < -0.4 is 9.64 Å². The first-order valence-corrected chi connectivity index (χ1v) is 8.41. The normalized spacial score (nSPS) is 10.7. The second-order valence-electron chi connectivity index (χ2n) is 5.99. The third kappa shape index (κ3) is 3.41. The number of nitro benzene ring substituents is 1. The maximum atomic E-state index is 11.4. The summed E-state index contributed by atoms with van der Waals surface area (Å²) < 4.78 is 5.29. The Bertz CT molecular complexity index is 1010. The Morgan fingerprint density at radius 1 is 1.30 bits per heavy atom. The highest BCUT2D eigenvalue weighted by Crippen LogP contribution is 2.38. The van der Waals surface area contributed by atoms with E-state index in [-0.39, 0.29) is 16.9 Å². The van der Waals surface area contributed by atoms with Gasteiger partial charge in [-0.2, -0.15) is 0 Å². The molecule has 8 heteroatoms. The molecule has 0 atom stereocenters. The maximum Gasteiger partial charge on any atom is 0.352 e. The lowest BCUT2D eigenvalue weighted by atomic mass is 10.1. The number of nitrogens with one attached hydrogen (secondary N) is 1. The summed E-state index contributed by atoms with van der Waals surface area (Å²) in [5.41, 5.74) is 1.48. The summed E-state index contributed by atoms with van der Waals surface area (Å²) in [6.07, 6.45) is 0.825. The van der Waals surface area contributed by atoms with E-state index in [0.717, 1.165) is 12.1 Å². The van der Waals surface area contributed by atoms with Gasteiger partial charge in [0.2, 0.25) is 0 Å². The molecule has 0 fully saturated rings. The van der Waals surface area contributed by atoms with Crippen molar-refractivity contribution in [3.05, 3.63) is 58.3 Å². The molecule has 2 N–H and O–H groups in total. The van der Waals surface area contributed by atoms with E-state index in [1.807, 2.05) is 36.1 Å². The molecule has 0 radical (unpaired) electrons. The Balaban J connectivity index is 2.24. The third-order valence-corrected chi connectivity index (χ3v) is 4.28. The van der Waals surface area contributed by atoms with Crippen LogP contribution in [0.25, 0.3) is 10.9 Å². The first-order chi connectivity index (χ1) is 13.0. The van der Waals surface area contributed by atoms with Crippen LogP contribution >= 0.6 is 0 Å². The minimum atomic E-state index is -1.17. The van der Waals surface area contributed by atoms with Crippen LogP contribution in [0.3, 0.4) is 0 Å². The lowest BCUT2D eigenvalue weighted by molar-refractivity contribution is -0.383. The summed E-state index contributed by atoms with van der Waals surface area (Å²) >= 11 is 0. The van der Waals surface area contributed by atoms with Crippen molar-refractivity contribution in [1.82, 2.24) is 4.98 Å². The van der Waals surface area contributed by atoms with Crippen LogP contribution in [-0.2, 0) is 0 Å². The molecule has 3 aromatic rings. The molecule has 0 aliphatic carbocycles. The average Bonchev–Trinajstić information content (AvgIpc) is 3.11. The van der Waals surface area contributed by atoms with Crippen molar-refractivity contribution in [2.75, 3.05) is 18.6 Å². The molecule has 1 aromatic heterocycles. The number of ether oxygens (including phenoxy) is 1. The standard InChI is InChI=1S/C19H19N3O5/c1-3-9-21(12-5-4-6-13(10-12)27-2)16-7-8-17(22(25)26)18-14(16)11-15(20-18)19(23)24/h4-8,10-11,20H,3,9H2,1-2H3,(H,23,24). The van der Waals surface area contributed by atoms with Gasteiger partial charge in [-0.15, -0.1) is 0 Å². The molecule has 0 bridgehead atoms. The number of carboxylic acids is 1. The molecule has 140 valence electrons. The average molecular weight is 369 g/mol. The van der Waals surface area contributed by atoms with Crippen LogP contribution in [0, 0.1) is 10.1 Å². The molecule has 0 aliphatic heterocycles. The van der Waals surface area contributed by atoms with Crippen LogP contribution in [0.15, 0.2) is 42.5 Å². The molecule has 0 aliphatic rings. The van der Waals surface area contributed by atoms with Crippen molar-refractivity contribution >= 4 is 33.9 Å². The lowest BCUT2D eigenvalue weighted by Gasteiger charge is -2.25. The third-order valence-electron chi connectivity index (χ3n) is 4.28. The molecule has 0 amide bonds. The van der Waals surface area contributed by atoms with Crippen molar-refractivity contribution in [2.45, 2.75) is 13.3 Å². The largest absolute Gasteiger partial charge is 0.497 e. The molecule has 0 saturated heterocycles. The van der Waals surface area contributed by atoms with Gasteiger partial charge in [-0.05, 0) is 30.7 Å². The van der Waals surface area contributed by atoms with Crippen LogP contribution in [0.2, 0.25) is 0 Å². The number of non-ortho nitro benzene ring substituents is 1. The van der Waals surface area contributed by atoms with Crippen LogP contribution in [0.1, 0.15) is 23.8 Å². The van der Waals surface area contributed by atoms with Gasteiger partial charge in [-0.3, -0.25) is 10.1 Å². The van der Waals surface area contributed by atoms with Crippen molar-refractivity contribution in [2.24, 2.45) is 0 Å². The summed E-state index contributed by atoms with van der Waals surface area (Å²) in [7, 11) is 1.58. The number of carboxylic acid groups (broad SMARTS) is 1. The number of benzene rings is 2. The number of nitrogens with zero attached hydrogens (tertiary/aromatic N) is 2. The van der Waals surface area contributed by atoms with Gasteiger partial charge in [0.1, 0.15) is 17.0 Å². The molecule has 27 heavy (non-hydrogen) atoms. The van der Waals surface area contributed by atoms with Gasteiger partial charge in [0, 0.05) is 29.8 Å². The second-order valence-corrected chi connectivity index (χ2v) is 5.99. The zero-order valence-corrected chi connectivity index (χ0v) is 14.9. The number of anilines is 2. The second kappa shape index (κ2) is 7.36. The molecule has 8 nitrogen and oxygen atoms in total. The fourth-order valence-corrected chi connectivity index (χ4v) is 3.08. The van der Waals surface area contributed by atoms with E-state index in [1.54, 1.807) is 13.2 Å². The van der Waals surface area contributed by atoms with E-state index >= 15 is 0 Å². The van der Waals surface area contributed by atoms with Gasteiger partial charge in [-0.25, -0.2) is 4.79 Å². The number of fused-ring (bicyclic) bond motifs is 1. The van der Waals surface area contributed by atoms with E-state index in [2.05, 4.69) is 4.98 Å². The number of rotatable bonds is 7. The topological polar surface area (TPSA) is 109 Å². The van der Waals surface area contributed by atoms with Crippen molar-refractivity contribution in [3.63, 3.8) is 0 Å². The lowest BCUT2D eigenvalue weighted by Crippen LogP contribution is -2.18. The monoisotopic (exact) mass is 369 g/mol. The molecule has 0 unspecified atom stereocenters. The maximum absolute atomic E-state index is 11.4. The highest BCUT2D eigenvalue weighted by atomic mass is 16.6. The zero-order valence-electron chi connectivity index (χ0n) is 14.9. The predicted octanol–water partition coefficient (Wildman–Crippen LogP) is 4.33. The highest BCUT2D eigenvalue weighted by molar-refractivity contribution is 6.04. The SMILES string of the molecule is CCCN(c1cccc(OC)c1)c1ccc([N+](=O)[O-])c2[nH]c(C(=O)O)cc12. The first kappa shape index (κ1) is 18.2. The van der Waals surface area contributed by atoms with Crippen LogP contribution in [0.4, 0.5) is 17.1 Å². The summed E-state index contributed by atoms with van der Waals surface area (Å²) in [5.74, 6) is -0.484. The van der Waals surface area contributed by atoms with Crippen molar-refractivity contribution in [3.8, 4) is 5.75 Å². The van der Waals surface area contributed by atoms with E-state index < -0.39 is 10.9 Å². The van der Waals surface area contributed by atoms with Crippen molar-refractivity contribution < 1.29 is 19.6 Å². The number of hydrogen-bond donors (Lipinski definition) is 2. The molecular formula is C19H19N3O5. The smallest absolute Gasteiger partial charge is 0.352 e. The number of methoxy groups -OCH3 is 1. The van der Waals surface area contributed by atoms with E-state index in [9.17, 15) is 20.0 Å². The Kier molecular flexibility index (Phi) is 4.98. The predicted molar refractivity (Wildman–Crippen MR) is 102 cm³/mol. The van der Waals surface area contributed by atoms with Gasteiger partial charge < -0.3 is 19.7 Å². The Hall–Kier alpha value is -3.55. The Morgan fingerprint density at radius 3 is 2.70 bits per heavy atom. The number of aromatic carboxylic acids is 1. The number of carbonyl (C=O) groups is 1. The fourth-order valence-electron chi connectivity index (χ4n) is 3.08. The van der Waals surface area contributed by atoms with E-state index in [1.165, 1.54) is 12.1 Å². The van der Waals surface area contributed by atoms with Crippen molar-refractivity contribution in [1.29, 1.82) is 0 Å². The Labute approximate surface area is 155 Å². The molecule has 0 spiro atoms. The number of hydrogen-bond acceptors (Lipinski definition) is 5. The first-order valence-electron chi connectivity index (χ1n) is 8.41. The molecular weight excluding hydrogens is 350 g/mol. The summed E-state index contributed by atoms with van der Waals surface area (Å²) in [5, 5.41) is 21.1. The van der Waals surface area contributed by atoms with E-state index in [0.29, 0.717) is 23.4 Å². The summed E-state index contributed by atoms with van der Waals surface area (Å²) in [6.45, 7) is 2.67. The summed E-state index contributed by atoms with van der Waals surface area (Å²) in [4.78, 5) is 26.9. The molecule has 1 heterocycles. The van der Waals surface area contributed by atoms with Crippen LogP contribution in [0.5, 0.6) is 5.75 Å². The van der Waals surface area contributed by atoms with E-state index in [4.69, 9.17) is 4.74 Å². The number of H-pyrrole nitrogens is 1. The summed E-state index contributed by atoms with van der Waals surface area (Å²) in [6, 6.07) is 11.9. The molecule has 2 aromatic carbocycles. The molecule has 3 rings (SSSR count). The number of nitro groups is 1. The van der Waals surface area contributed by atoms with Gasteiger partial charge in [0.25, 0.3) is 5.69 Å². The number of aromatic amines is 1. The Morgan fingerprint density at radius 2 is 2.07 bits per heavy atom. The fraction of sp³-hybridized carbons (Fsp3) is 0.211. The van der Waals surface area contributed by atoms with Gasteiger partial charge >= 0.3 is 5.97 Å². The zero-order chi connectivity index (χ0) is 19.6. The van der Waals surface area contributed by atoms with Gasteiger partial charge in [0.05, 0.1) is 17.7 Å².